The number of hydrogen-bond acceptors (Lipinski definition) is 4. The van der Waals surface area contributed by atoms with Gasteiger partial charge in [0.2, 0.25) is 0 Å². The summed E-state index contributed by atoms with van der Waals surface area (Å²) < 4.78 is 40.3. The molecule has 0 aliphatic carbocycles. The molecular formula is C11H8ClF3N2O2S. The second kappa shape index (κ2) is 5.19. The molecule has 0 aromatic carbocycles. The molecule has 0 radical (unpaired) electrons. The predicted molar refractivity (Wildman–Crippen MR) is 67.9 cm³/mol. The Kier molecular flexibility index (Phi) is 3.90. The molecule has 0 atom stereocenters. The van der Waals surface area contributed by atoms with E-state index in [9.17, 15) is 18.0 Å². The van der Waals surface area contributed by atoms with Gasteiger partial charge in [0.15, 0.2) is 5.78 Å². The minimum absolute atomic E-state index is 0.0465. The lowest BCUT2D eigenvalue weighted by atomic mass is 10.1. The molecule has 1 N–H and O–H groups in total. The largest absolute Gasteiger partial charge is 0.426 e. The van der Waals surface area contributed by atoms with Crippen molar-refractivity contribution < 1.29 is 23.1 Å². The third-order valence-corrected chi connectivity index (χ3v) is 3.94. The van der Waals surface area contributed by atoms with Crippen LogP contribution in [-0.2, 0) is 13.2 Å². The number of aliphatic hydroxyl groups excluding tert-OH is 1. The average Bonchev–Trinajstić information content (AvgIpc) is 2.91. The first kappa shape index (κ1) is 15.0. The number of Topliss-reactive ketones (excluding diaryl/α,β-unsaturated/α-hetero) is 1. The van der Waals surface area contributed by atoms with Crippen molar-refractivity contribution in [2.24, 2.45) is 7.05 Å². The SMILES string of the molecule is Cn1cc(Cl)c(-c2cc(C(=O)CO)sc2C(F)(F)F)n1. The van der Waals surface area contributed by atoms with Gasteiger partial charge in [-0.05, 0) is 6.07 Å². The lowest BCUT2D eigenvalue weighted by Crippen LogP contribution is -2.04. The fraction of sp³-hybridized carbons (Fsp3) is 0.273. The summed E-state index contributed by atoms with van der Waals surface area (Å²) in [6.45, 7) is -0.854. The van der Waals surface area contributed by atoms with Crippen LogP contribution in [0.3, 0.4) is 0 Å². The molecule has 0 fully saturated rings. The van der Waals surface area contributed by atoms with Crippen molar-refractivity contribution in [1.82, 2.24) is 9.78 Å². The zero-order chi connectivity index (χ0) is 15.1. The van der Waals surface area contributed by atoms with Crippen LogP contribution in [0.15, 0.2) is 12.3 Å². The average molecular weight is 325 g/mol. The van der Waals surface area contributed by atoms with E-state index < -0.39 is 23.4 Å². The predicted octanol–water partition coefficient (Wildman–Crippen LogP) is 3.00. The van der Waals surface area contributed by atoms with Gasteiger partial charge in [-0.3, -0.25) is 9.48 Å². The molecule has 20 heavy (non-hydrogen) atoms. The molecular weight excluding hydrogens is 317 g/mol. The fourth-order valence-corrected chi connectivity index (χ4v) is 2.87. The number of aromatic nitrogens is 2. The van der Waals surface area contributed by atoms with E-state index in [0.29, 0.717) is 0 Å². The third-order valence-electron chi connectivity index (χ3n) is 2.45. The normalized spacial score (nSPS) is 11.9. The van der Waals surface area contributed by atoms with Crippen LogP contribution in [0, 0.1) is 0 Å². The number of aliphatic hydroxyl groups is 1. The molecule has 108 valence electrons. The third kappa shape index (κ3) is 2.72. The van der Waals surface area contributed by atoms with Gasteiger partial charge < -0.3 is 5.11 Å². The van der Waals surface area contributed by atoms with E-state index in [1.807, 2.05) is 0 Å². The Balaban J connectivity index is 2.65. The monoisotopic (exact) mass is 324 g/mol. The topological polar surface area (TPSA) is 55.1 Å². The summed E-state index contributed by atoms with van der Waals surface area (Å²) in [6.07, 6.45) is -3.27. The Bertz CT molecular complexity index is 663. The number of hydrogen-bond donors (Lipinski definition) is 1. The Morgan fingerprint density at radius 2 is 2.20 bits per heavy atom. The van der Waals surface area contributed by atoms with Crippen LogP contribution >= 0.6 is 22.9 Å². The number of aryl methyl sites for hydroxylation is 1. The van der Waals surface area contributed by atoms with Crippen molar-refractivity contribution in [2.75, 3.05) is 6.61 Å². The second-order valence-electron chi connectivity index (χ2n) is 3.93. The van der Waals surface area contributed by atoms with Crippen molar-refractivity contribution >= 4 is 28.7 Å². The standard InChI is InChI=1S/C11H8ClF3N2O2S/c1-17-3-6(12)9(16-17)5-2-8(7(19)4-18)20-10(5)11(13,14)15/h2-3,18H,4H2,1H3. The minimum Gasteiger partial charge on any atom is -0.388 e. The van der Waals surface area contributed by atoms with Crippen molar-refractivity contribution in [3.63, 3.8) is 0 Å². The van der Waals surface area contributed by atoms with Gasteiger partial charge in [-0.2, -0.15) is 18.3 Å². The molecule has 0 bridgehead atoms. The molecule has 2 rings (SSSR count). The van der Waals surface area contributed by atoms with Crippen molar-refractivity contribution in [2.45, 2.75) is 6.18 Å². The van der Waals surface area contributed by atoms with Gasteiger partial charge in [-0.25, -0.2) is 0 Å². The summed E-state index contributed by atoms with van der Waals surface area (Å²) in [4.78, 5) is 10.2. The van der Waals surface area contributed by atoms with E-state index in [2.05, 4.69) is 5.10 Å². The van der Waals surface area contributed by atoms with Crippen LogP contribution in [0.1, 0.15) is 14.5 Å². The summed E-state index contributed by atoms with van der Waals surface area (Å²) >= 11 is 6.11. The van der Waals surface area contributed by atoms with Crippen LogP contribution in [0.25, 0.3) is 11.3 Å². The molecule has 2 aromatic heterocycles. The van der Waals surface area contributed by atoms with Gasteiger partial charge in [0.05, 0.1) is 9.90 Å². The number of thiophene rings is 1. The molecule has 2 aromatic rings. The maximum Gasteiger partial charge on any atom is 0.426 e. The zero-order valence-corrected chi connectivity index (χ0v) is 11.6. The number of rotatable bonds is 3. The van der Waals surface area contributed by atoms with Gasteiger partial charge in [0.25, 0.3) is 0 Å². The maximum atomic E-state index is 13.0. The smallest absolute Gasteiger partial charge is 0.388 e. The molecule has 4 nitrogen and oxygen atoms in total. The summed E-state index contributed by atoms with van der Waals surface area (Å²) in [5, 5.41) is 12.7. The highest BCUT2D eigenvalue weighted by molar-refractivity contribution is 7.14. The Morgan fingerprint density at radius 1 is 1.55 bits per heavy atom. The summed E-state index contributed by atoms with van der Waals surface area (Å²) in [6, 6.07) is 1.06. The van der Waals surface area contributed by atoms with Crippen LogP contribution in [0.2, 0.25) is 5.02 Å². The molecule has 0 amide bonds. The van der Waals surface area contributed by atoms with Crippen molar-refractivity contribution in [1.29, 1.82) is 0 Å². The molecule has 0 unspecified atom stereocenters. The maximum absolute atomic E-state index is 13.0. The molecule has 0 aliphatic heterocycles. The number of nitrogens with zero attached hydrogens (tertiary/aromatic N) is 2. The molecule has 9 heteroatoms. The number of alkyl halides is 3. The minimum atomic E-state index is -4.63. The number of ketones is 1. The summed E-state index contributed by atoms with van der Waals surface area (Å²) in [5.41, 5.74) is -0.306. The Hall–Kier alpha value is -1.38. The first-order chi connectivity index (χ1) is 9.24. The number of halogens is 4. The zero-order valence-electron chi connectivity index (χ0n) is 10.0. The first-order valence-corrected chi connectivity index (χ1v) is 6.48. The molecule has 0 aliphatic rings. The molecule has 0 spiro atoms. The summed E-state index contributed by atoms with van der Waals surface area (Å²) in [5.74, 6) is -0.779. The van der Waals surface area contributed by atoms with E-state index in [1.54, 1.807) is 0 Å². The second-order valence-corrected chi connectivity index (χ2v) is 5.39. The highest BCUT2D eigenvalue weighted by Crippen LogP contribution is 2.44. The van der Waals surface area contributed by atoms with Crippen LogP contribution in [0.4, 0.5) is 13.2 Å². The molecule has 0 saturated carbocycles. The number of carbonyl (C=O) groups is 1. The Labute approximate surface area is 120 Å². The van der Waals surface area contributed by atoms with Crippen molar-refractivity contribution in [3.05, 3.63) is 27.0 Å². The number of carbonyl (C=O) groups excluding carboxylic acids is 1. The van der Waals surface area contributed by atoms with E-state index in [1.165, 1.54) is 17.9 Å². The first-order valence-electron chi connectivity index (χ1n) is 5.28. The van der Waals surface area contributed by atoms with Crippen molar-refractivity contribution in [3.8, 4) is 11.3 Å². The van der Waals surface area contributed by atoms with E-state index in [-0.39, 0.29) is 32.5 Å². The molecule has 2 heterocycles. The Morgan fingerprint density at radius 3 is 2.65 bits per heavy atom. The molecule has 0 saturated heterocycles. The van der Waals surface area contributed by atoms with E-state index >= 15 is 0 Å². The van der Waals surface area contributed by atoms with Crippen LogP contribution in [-0.4, -0.2) is 27.3 Å². The lowest BCUT2D eigenvalue weighted by Gasteiger charge is -2.05. The van der Waals surface area contributed by atoms with Gasteiger partial charge in [0, 0.05) is 18.8 Å². The highest BCUT2D eigenvalue weighted by atomic mass is 35.5. The lowest BCUT2D eigenvalue weighted by molar-refractivity contribution is -0.133. The van der Waals surface area contributed by atoms with Gasteiger partial charge in [-0.1, -0.05) is 11.6 Å². The summed E-state index contributed by atoms with van der Waals surface area (Å²) in [7, 11) is 1.52. The van der Waals surface area contributed by atoms with Crippen LogP contribution < -0.4 is 0 Å². The van der Waals surface area contributed by atoms with E-state index in [4.69, 9.17) is 16.7 Å². The fourth-order valence-electron chi connectivity index (χ4n) is 1.63. The van der Waals surface area contributed by atoms with Gasteiger partial charge in [0.1, 0.15) is 17.2 Å². The van der Waals surface area contributed by atoms with Crippen LogP contribution in [0.5, 0.6) is 0 Å². The highest BCUT2D eigenvalue weighted by Gasteiger charge is 2.38. The van der Waals surface area contributed by atoms with E-state index in [0.717, 1.165) is 6.07 Å². The van der Waals surface area contributed by atoms with Gasteiger partial charge >= 0.3 is 6.18 Å². The quantitative estimate of drug-likeness (QED) is 0.883. The van der Waals surface area contributed by atoms with Gasteiger partial charge in [-0.15, -0.1) is 11.3 Å².